The Morgan fingerprint density at radius 2 is 1.41 bits per heavy atom. The zero-order valence-corrected chi connectivity index (χ0v) is 12.1. The first-order valence-electron chi connectivity index (χ1n) is 7.36. The van der Waals surface area contributed by atoms with Gasteiger partial charge in [-0.1, -0.05) is 24.3 Å². The Kier molecular flexibility index (Phi) is 4.00. The number of carbonyl (C=O) groups excluding carboxylic acids is 2. The zero-order chi connectivity index (χ0) is 15.5. The molecule has 3 rings (SSSR count). The van der Waals surface area contributed by atoms with Crippen LogP contribution in [0.15, 0.2) is 48.5 Å². The Labute approximate surface area is 128 Å². The monoisotopic (exact) mass is 297 g/mol. The van der Waals surface area contributed by atoms with E-state index in [0.29, 0.717) is 17.7 Å². The third-order valence-electron chi connectivity index (χ3n) is 3.89. The highest BCUT2D eigenvalue weighted by Gasteiger charge is 2.34. The second-order valence-corrected chi connectivity index (χ2v) is 5.39. The maximum Gasteiger partial charge on any atom is 0.261 e. The minimum atomic E-state index is -0.241. The molecule has 1 heterocycles. The van der Waals surface area contributed by atoms with Crippen LogP contribution in [0.25, 0.3) is 0 Å². The van der Waals surface area contributed by atoms with Crippen molar-refractivity contribution in [3.05, 3.63) is 71.0 Å². The lowest BCUT2D eigenvalue weighted by atomic mass is 10.1. The highest BCUT2D eigenvalue weighted by atomic mass is 19.1. The van der Waals surface area contributed by atoms with Gasteiger partial charge in [-0.25, -0.2) is 4.39 Å². The molecule has 0 bridgehead atoms. The second kappa shape index (κ2) is 6.10. The molecule has 0 fully saturated rings. The number of benzene rings is 2. The van der Waals surface area contributed by atoms with E-state index in [9.17, 15) is 14.0 Å². The van der Waals surface area contributed by atoms with Crippen LogP contribution in [-0.4, -0.2) is 23.3 Å². The van der Waals surface area contributed by atoms with Gasteiger partial charge in [0.2, 0.25) is 0 Å². The maximum atomic E-state index is 12.8. The molecular formula is C18H16FNO2. The zero-order valence-electron chi connectivity index (χ0n) is 12.1. The van der Waals surface area contributed by atoms with Gasteiger partial charge in [-0.05, 0) is 49.1 Å². The summed E-state index contributed by atoms with van der Waals surface area (Å²) in [4.78, 5) is 25.7. The number of rotatable bonds is 5. The predicted octanol–water partition coefficient (Wildman–Crippen LogP) is 3.44. The van der Waals surface area contributed by atoms with Crippen molar-refractivity contribution in [3.8, 4) is 0 Å². The summed E-state index contributed by atoms with van der Waals surface area (Å²) >= 11 is 0. The Balaban J connectivity index is 1.54. The topological polar surface area (TPSA) is 37.4 Å². The molecule has 4 heteroatoms. The summed E-state index contributed by atoms with van der Waals surface area (Å²) in [6.07, 6.45) is 2.39. The number of aryl methyl sites for hydroxylation is 1. The fraction of sp³-hybridized carbons (Fsp3) is 0.222. The van der Waals surface area contributed by atoms with E-state index in [-0.39, 0.29) is 17.6 Å². The second-order valence-electron chi connectivity index (χ2n) is 5.39. The molecule has 2 amide bonds. The Hall–Kier alpha value is -2.49. The van der Waals surface area contributed by atoms with E-state index in [1.165, 1.54) is 17.0 Å². The molecule has 0 atom stereocenters. The van der Waals surface area contributed by atoms with Crippen molar-refractivity contribution in [1.82, 2.24) is 4.90 Å². The van der Waals surface area contributed by atoms with E-state index in [0.717, 1.165) is 24.8 Å². The molecule has 0 radical (unpaired) electrons. The van der Waals surface area contributed by atoms with E-state index in [1.54, 1.807) is 36.4 Å². The third kappa shape index (κ3) is 2.77. The number of nitrogens with zero attached hydrogens (tertiary/aromatic N) is 1. The normalized spacial score (nSPS) is 13.6. The summed E-state index contributed by atoms with van der Waals surface area (Å²) in [7, 11) is 0. The summed E-state index contributed by atoms with van der Waals surface area (Å²) in [5.41, 5.74) is 2.04. The van der Waals surface area contributed by atoms with Gasteiger partial charge in [0.25, 0.3) is 11.8 Å². The van der Waals surface area contributed by atoms with Gasteiger partial charge < -0.3 is 0 Å². The van der Waals surface area contributed by atoms with Gasteiger partial charge >= 0.3 is 0 Å². The largest absolute Gasteiger partial charge is 0.274 e. The number of unbranched alkanes of at least 4 members (excludes halogenated alkanes) is 1. The van der Waals surface area contributed by atoms with Crippen LogP contribution >= 0.6 is 0 Å². The van der Waals surface area contributed by atoms with Crippen molar-refractivity contribution in [2.24, 2.45) is 0 Å². The smallest absolute Gasteiger partial charge is 0.261 e. The molecule has 1 aliphatic heterocycles. The quantitative estimate of drug-likeness (QED) is 0.626. The average Bonchev–Trinajstić information content (AvgIpc) is 2.78. The number of carbonyl (C=O) groups is 2. The summed E-state index contributed by atoms with van der Waals surface area (Å²) in [5.74, 6) is -0.653. The fourth-order valence-corrected chi connectivity index (χ4v) is 2.69. The Morgan fingerprint density at radius 1 is 0.818 bits per heavy atom. The Bertz CT molecular complexity index is 674. The van der Waals surface area contributed by atoms with Gasteiger partial charge in [-0.2, -0.15) is 0 Å². The van der Waals surface area contributed by atoms with E-state index >= 15 is 0 Å². The molecule has 1 aliphatic rings. The van der Waals surface area contributed by atoms with E-state index < -0.39 is 0 Å². The van der Waals surface area contributed by atoms with Gasteiger partial charge in [-0.3, -0.25) is 14.5 Å². The van der Waals surface area contributed by atoms with E-state index in [2.05, 4.69) is 0 Å². The Morgan fingerprint density at radius 3 is 2.00 bits per heavy atom. The van der Waals surface area contributed by atoms with Crippen molar-refractivity contribution in [2.75, 3.05) is 6.54 Å². The standard InChI is InChI=1S/C18H16FNO2/c19-14-10-8-13(9-11-14)5-3-4-12-20-17(21)15-6-1-2-7-16(15)18(20)22/h1-2,6-11H,3-5,12H2. The summed E-state index contributed by atoms with van der Waals surface area (Å²) in [6.45, 7) is 0.424. The molecule has 0 saturated carbocycles. The number of hydrogen-bond donors (Lipinski definition) is 0. The lowest BCUT2D eigenvalue weighted by Gasteiger charge is -2.13. The van der Waals surface area contributed by atoms with Crippen LogP contribution in [0.4, 0.5) is 4.39 Å². The molecule has 2 aromatic rings. The SMILES string of the molecule is O=C1c2ccccc2C(=O)N1CCCCc1ccc(F)cc1. The van der Waals surface area contributed by atoms with Gasteiger partial charge in [-0.15, -0.1) is 0 Å². The molecular weight excluding hydrogens is 281 g/mol. The van der Waals surface area contributed by atoms with Crippen LogP contribution in [0, 0.1) is 5.82 Å². The van der Waals surface area contributed by atoms with Crippen molar-refractivity contribution in [3.63, 3.8) is 0 Å². The fourth-order valence-electron chi connectivity index (χ4n) is 2.69. The number of fused-ring (bicyclic) bond motifs is 1. The van der Waals surface area contributed by atoms with Crippen molar-refractivity contribution in [2.45, 2.75) is 19.3 Å². The highest BCUT2D eigenvalue weighted by molar-refractivity contribution is 6.21. The molecule has 0 unspecified atom stereocenters. The average molecular weight is 297 g/mol. The van der Waals surface area contributed by atoms with Gasteiger partial charge in [0.1, 0.15) is 5.82 Å². The van der Waals surface area contributed by atoms with E-state index in [1.807, 2.05) is 0 Å². The maximum absolute atomic E-state index is 12.8. The summed E-state index contributed by atoms with van der Waals surface area (Å²) in [6, 6.07) is 13.3. The van der Waals surface area contributed by atoms with Crippen LogP contribution in [0.2, 0.25) is 0 Å². The van der Waals surface area contributed by atoms with Crippen LogP contribution < -0.4 is 0 Å². The van der Waals surface area contributed by atoms with Crippen molar-refractivity contribution in [1.29, 1.82) is 0 Å². The number of hydrogen-bond acceptors (Lipinski definition) is 2. The number of imide groups is 1. The molecule has 0 spiro atoms. The van der Waals surface area contributed by atoms with Gasteiger partial charge in [0.05, 0.1) is 11.1 Å². The summed E-state index contributed by atoms with van der Waals surface area (Å²) < 4.78 is 12.8. The first kappa shape index (κ1) is 14.4. The van der Waals surface area contributed by atoms with Crippen molar-refractivity contribution < 1.29 is 14.0 Å². The third-order valence-corrected chi connectivity index (χ3v) is 3.89. The van der Waals surface area contributed by atoms with Gasteiger partial charge in [0.15, 0.2) is 0 Å². The minimum absolute atomic E-state index is 0.206. The lowest BCUT2D eigenvalue weighted by Crippen LogP contribution is -2.30. The van der Waals surface area contributed by atoms with Crippen molar-refractivity contribution >= 4 is 11.8 Å². The molecule has 3 nitrogen and oxygen atoms in total. The molecule has 0 aliphatic carbocycles. The summed E-state index contributed by atoms with van der Waals surface area (Å²) in [5, 5.41) is 0. The van der Waals surface area contributed by atoms with Crippen LogP contribution in [-0.2, 0) is 6.42 Å². The number of halogens is 1. The number of amides is 2. The van der Waals surface area contributed by atoms with Crippen LogP contribution in [0.1, 0.15) is 39.1 Å². The van der Waals surface area contributed by atoms with Gasteiger partial charge in [0, 0.05) is 6.54 Å². The first-order valence-corrected chi connectivity index (χ1v) is 7.36. The molecule has 112 valence electrons. The van der Waals surface area contributed by atoms with E-state index in [4.69, 9.17) is 0 Å². The molecule has 0 aromatic heterocycles. The lowest BCUT2D eigenvalue weighted by molar-refractivity contribution is 0.0652. The minimum Gasteiger partial charge on any atom is -0.274 e. The first-order chi connectivity index (χ1) is 10.7. The van der Waals surface area contributed by atoms with Crippen LogP contribution in [0.3, 0.4) is 0 Å². The molecule has 22 heavy (non-hydrogen) atoms. The highest BCUT2D eigenvalue weighted by Crippen LogP contribution is 2.22. The molecule has 0 saturated heterocycles. The molecule has 2 aromatic carbocycles. The van der Waals surface area contributed by atoms with Crippen LogP contribution in [0.5, 0.6) is 0 Å². The molecule has 0 N–H and O–H groups in total. The predicted molar refractivity (Wildman–Crippen MR) is 81.1 cm³/mol.